The maximum Gasteiger partial charge on any atom is 0.122 e. The van der Waals surface area contributed by atoms with Gasteiger partial charge in [0.2, 0.25) is 0 Å². The summed E-state index contributed by atoms with van der Waals surface area (Å²) in [7, 11) is 0. The fourth-order valence-corrected chi connectivity index (χ4v) is 1.68. The second kappa shape index (κ2) is 7.99. The highest BCUT2D eigenvalue weighted by Crippen LogP contribution is 2.25. The van der Waals surface area contributed by atoms with E-state index in [0.717, 1.165) is 50.4 Å². The summed E-state index contributed by atoms with van der Waals surface area (Å²) in [6.07, 6.45) is 4.25. The Balaban J connectivity index is 2.75. The van der Waals surface area contributed by atoms with Crippen molar-refractivity contribution in [3.8, 4) is 11.5 Å². The number of hydrogen-bond acceptors (Lipinski definition) is 2. The summed E-state index contributed by atoms with van der Waals surface area (Å²) >= 11 is 0. The maximum atomic E-state index is 5.74. The maximum absolute atomic E-state index is 5.74. The molecule has 0 spiro atoms. The molecule has 0 aliphatic rings. The largest absolute Gasteiger partial charge is 0.494 e. The van der Waals surface area contributed by atoms with Gasteiger partial charge in [-0.3, -0.25) is 0 Å². The molecule has 17 heavy (non-hydrogen) atoms. The van der Waals surface area contributed by atoms with Crippen molar-refractivity contribution in [1.29, 1.82) is 0 Å². The van der Waals surface area contributed by atoms with Crippen molar-refractivity contribution in [1.82, 2.24) is 0 Å². The van der Waals surface area contributed by atoms with Gasteiger partial charge < -0.3 is 9.47 Å². The van der Waals surface area contributed by atoms with Crippen LogP contribution in [0.2, 0.25) is 0 Å². The van der Waals surface area contributed by atoms with Gasteiger partial charge in [0.1, 0.15) is 11.5 Å². The first-order valence-corrected chi connectivity index (χ1v) is 6.70. The molecule has 1 aromatic carbocycles. The third-order valence-corrected chi connectivity index (χ3v) is 2.49. The predicted molar refractivity (Wildman–Crippen MR) is 72.0 cm³/mol. The molecule has 2 nitrogen and oxygen atoms in total. The summed E-state index contributed by atoms with van der Waals surface area (Å²) in [6.45, 7) is 7.99. The van der Waals surface area contributed by atoms with Crippen molar-refractivity contribution in [3.63, 3.8) is 0 Å². The quantitative estimate of drug-likeness (QED) is 0.673. The van der Waals surface area contributed by atoms with Crippen LogP contribution in [0.5, 0.6) is 11.5 Å². The van der Waals surface area contributed by atoms with Gasteiger partial charge in [0, 0.05) is 0 Å². The van der Waals surface area contributed by atoms with Crippen LogP contribution in [-0.4, -0.2) is 13.2 Å². The van der Waals surface area contributed by atoms with Crippen LogP contribution in [0.15, 0.2) is 18.2 Å². The Morgan fingerprint density at radius 1 is 0.882 bits per heavy atom. The van der Waals surface area contributed by atoms with Crippen LogP contribution in [0.25, 0.3) is 0 Å². The van der Waals surface area contributed by atoms with Crippen LogP contribution in [0.3, 0.4) is 0 Å². The van der Waals surface area contributed by atoms with Crippen LogP contribution < -0.4 is 9.47 Å². The normalized spacial score (nSPS) is 10.3. The molecule has 0 amide bonds. The lowest BCUT2D eigenvalue weighted by Gasteiger charge is -2.12. The minimum atomic E-state index is 0.779. The second-order valence-corrected chi connectivity index (χ2v) is 4.22. The van der Waals surface area contributed by atoms with E-state index in [2.05, 4.69) is 26.8 Å². The third kappa shape index (κ3) is 4.68. The molecule has 0 heterocycles. The standard InChI is InChI=1S/C15H24O2/c1-4-7-13-12-14(16-10-5-2)8-9-15(13)17-11-6-3/h8-9,12H,4-7,10-11H2,1-3H3. The van der Waals surface area contributed by atoms with Crippen LogP contribution in [0.4, 0.5) is 0 Å². The number of aryl methyl sites for hydroxylation is 1. The lowest BCUT2D eigenvalue weighted by Crippen LogP contribution is -2.01. The molecular formula is C15H24O2. The zero-order valence-electron chi connectivity index (χ0n) is 11.3. The van der Waals surface area contributed by atoms with E-state index in [1.54, 1.807) is 0 Å². The predicted octanol–water partition coefficient (Wildman–Crippen LogP) is 4.22. The molecule has 96 valence electrons. The highest BCUT2D eigenvalue weighted by Gasteiger charge is 2.05. The molecule has 0 aliphatic carbocycles. The molecule has 0 saturated heterocycles. The van der Waals surface area contributed by atoms with Crippen molar-refractivity contribution in [2.45, 2.75) is 46.5 Å². The monoisotopic (exact) mass is 236 g/mol. The van der Waals surface area contributed by atoms with Crippen molar-refractivity contribution >= 4 is 0 Å². The average molecular weight is 236 g/mol. The summed E-state index contributed by atoms with van der Waals surface area (Å²) in [5.74, 6) is 1.97. The Labute approximate surface area is 105 Å². The highest BCUT2D eigenvalue weighted by molar-refractivity contribution is 5.40. The summed E-state index contributed by atoms with van der Waals surface area (Å²) < 4.78 is 11.4. The van der Waals surface area contributed by atoms with E-state index in [4.69, 9.17) is 9.47 Å². The Hall–Kier alpha value is -1.18. The number of ether oxygens (including phenoxy) is 2. The number of hydrogen-bond donors (Lipinski definition) is 0. The molecular weight excluding hydrogens is 212 g/mol. The summed E-state index contributed by atoms with van der Waals surface area (Å²) in [5, 5.41) is 0. The van der Waals surface area contributed by atoms with Gasteiger partial charge in [-0.15, -0.1) is 0 Å². The average Bonchev–Trinajstić information content (AvgIpc) is 2.35. The molecule has 1 aromatic rings. The second-order valence-electron chi connectivity index (χ2n) is 4.22. The first kappa shape index (κ1) is 13.9. The van der Waals surface area contributed by atoms with Crippen LogP contribution in [0, 0.1) is 0 Å². The van der Waals surface area contributed by atoms with Crippen molar-refractivity contribution in [2.24, 2.45) is 0 Å². The molecule has 0 fully saturated rings. The fourth-order valence-electron chi connectivity index (χ4n) is 1.68. The Bertz CT molecular complexity index is 321. The van der Waals surface area contributed by atoms with E-state index >= 15 is 0 Å². The van der Waals surface area contributed by atoms with Gasteiger partial charge in [-0.1, -0.05) is 27.2 Å². The fraction of sp³-hybridized carbons (Fsp3) is 0.600. The molecule has 0 N–H and O–H groups in total. The Kier molecular flexibility index (Phi) is 6.53. The van der Waals surface area contributed by atoms with Gasteiger partial charge in [0.15, 0.2) is 0 Å². The number of rotatable bonds is 8. The van der Waals surface area contributed by atoms with E-state index in [9.17, 15) is 0 Å². The van der Waals surface area contributed by atoms with Gasteiger partial charge in [-0.05, 0) is 43.0 Å². The van der Waals surface area contributed by atoms with Crippen molar-refractivity contribution < 1.29 is 9.47 Å². The highest BCUT2D eigenvalue weighted by atomic mass is 16.5. The van der Waals surface area contributed by atoms with E-state index in [1.165, 1.54) is 5.56 Å². The molecule has 0 bridgehead atoms. The third-order valence-electron chi connectivity index (χ3n) is 2.49. The zero-order valence-corrected chi connectivity index (χ0v) is 11.3. The smallest absolute Gasteiger partial charge is 0.122 e. The Morgan fingerprint density at radius 2 is 1.59 bits per heavy atom. The minimum absolute atomic E-state index is 0.779. The van der Waals surface area contributed by atoms with Crippen molar-refractivity contribution in [3.05, 3.63) is 23.8 Å². The molecule has 0 atom stereocenters. The van der Waals surface area contributed by atoms with E-state index in [1.807, 2.05) is 12.1 Å². The molecule has 0 saturated carbocycles. The van der Waals surface area contributed by atoms with E-state index < -0.39 is 0 Å². The van der Waals surface area contributed by atoms with E-state index in [0.29, 0.717) is 0 Å². The van der Waals surface area contributed by atoms with Crippen LogP contribution >= 0.6 is 0 Å². The number of benzene rings is 1. The molecule has 0 aliphatic heterocycles. The lowest BCUT2D eigenvalue weighted by atomic mass is 10.1. The summed E-state index contributed by atoms with van der Waals surface area (Å²) in [5.41, 5.74) is 1.26. The topological polar surface area (TPSA) is 18.5 Å². The minimum Gasteiger partial charge on any atom is -0.494 e. The van der Waals surface area contributed by atoms with Crippen LogP contribution in [0.1, 0.15) is 45.6 Å². The molecule has 1 rings (SSSR count). The van der Waals surface area contributed by atoms with Gasteiger partial charge in [0.25, 0.3) is 0 Å². The summed E-state index contributed by atoms with van der Waals surface area (Å²) in [4.78, 5) is 0. The van der Waals surface area contributed by atoms with Gasteiger partial charge >= 0.3 is 0 Å². The first-order valence-electron chi connectivity index (χ1n) is 6.70. The Morgan fingerprint density at radius 3 is 2.24 bits per heavy atom. The SMILES string of the molecule is CCCOc1ccc(OCCC)c(CCC)c1. The molecule has 0 radical (unpaired) electrons. The zero-order chi connectivity index (χ0) is 12.5. The lowest BCUT2D eigenvalue weighted by molar-refractivity contribution is 0.306. The first-order chi connectivity index (χ1) is 8.31. The van der Waals surface area contributed by atoms with Crippen LogP contribution in [-0.2, 0) is 6.42 Å². The van der Waals surface area contributed by atoms with E-state index in [-0.39, 0.29) is 0 Å². The van der Waals surface area contributed by atoms with Gasteiger partial charge in [-0.2, -0.15) is 0 Å². The molecule has 0 unspecified atom stereocenters. The molecule has 0 aromatic heterocycles. The van der Waals surface area contributed by atoms with Gasteiger partial charge in [0.05, 0.1) is 13.2 Å². The summed E-state index contributed by atoms with van der Waals surface area (Å²) in [6, 6.07) is 6.15. The van der Waals surface area contributed by atoms with Crippen molar-refractivity contribution in [2.75, 3.05) is 13.2 Å². The van der Waals surface area contributed by atoms with Gasteiger partial charge in [-0.25, -0.2) is 0 Å². The molecule has 2 heteroatoms.